The number of carbonyl (C=O) groups is 1. The zero-order chi connectivity index (χ0) is 16.3. The Kier molecular flexibility index (Phi) is 6.64. The highest BCUT2D eigenvalue weighted by Crippen LogP contribution is 2.47. The van der Waals surface area contributed by atoms with Crippen LogP contribution in [-0.2, 0) is 10.2 Å². The molecule has 1 aliphatic heterocycles. The van der Waals surface area contributed by atoms with Crippen molar-refractivity contribution in [3.8, 4) is 0 Å². The molecule has 0 bridgehead atoms. The summed E-state index contributed by atoms with van der Waals surface area (Å²) in [4.78, 5) is 12.3. The Labute approximate surface area is 150 Å². The first-order chi connectivity index (χ1) is 11.1. The highest BCUT2D eigenvalue weighted by atomic mass is 35.5. The molecule has 1 saturated carbocycles. The lowest BCUT2D eigenvalue weighted by Gasteiger charge is -2.28. The number of hydrogen-bond donors (Lipinski definition) is 2. The SMILES string of the molecule is CC(CC(=O)NCC1(c2cccc(F)c2)CC1)C1CCNCC1.Cl. The van der Waals surface area contributed by atoms with Crippen LogP contribution < -0.4 is 10.6 Å². The zero-order valence-corrected chi connectivity index (χ0v) is 15.1. The molecule has 24 heavy (non-hydrogen) atoms. The van der Waals surface area contributed by atoms with Gasteiger partial charge in [-0.25, -0.2) is 4.39 Å². The largest absolute Gasteiger partial charge is 0.355 e. The average Bonchev–Trinajstić information content (AvgIpc) is 3.35. The molecular formula is C19H28ClFN2O. The van der Waals surface area contributed by atoms with Crippen molar-refractivity contribution in [2.75, 3.05) is 19.6 Å². The Morgan fingerprint density at radius 1 is 1.38 bits per heavy atom. The summed E-state index contributed by atoms with van der Waals surface area (Å²) in [7, 11) is 0. The first kappa shape index (κ1) is 19.2. The minimum absolute atomic E-state index is 0. The molecular weight excluding hydrogens is 327 g/mol. The quantitative estimate of drug-likeness (QED) is 0.821. The fourth-order valence-electron chi connectivity index (χ4n) is 3.75. The van der Waals surface area contributed by atoms with Crippen LogP contribution in [0.25, 0.3) is 0 Å². The van der Waals surface area contributed by atoms with Gasteiger partial charge >= 0.3 is 0 Å². The summed E-state index contributed by atoms with van der Waals surface area (Å²) in [5.74, 6) is 1.03. The zero-order valence-electron chi connectivity index (χ0n) is 14.3. The first-order valence-electron chi connectivity index (χ1n) is 8.82. The van der Waals surface area contributed by atoms with E-state index in [9.17, 15) is 9.18 Å². The number of halogens is 2. The van der Waals surface area contributed by atoms with Crippen LogP contribution in [-0.4, -0.2) is 25.5 Å². The van der Waals surface area contributed by atoms with E-state index in [1.165, 1.54) is 18.9 Å². The van der Waals surface area contributed by atoms with Crippen LogP contribution in [0, 0.1) is 17.7 Å². The maximum Gasteiger partial charge on any atom is 0.220 e. The minimum atomic E-state index is -0.195. The predicted octanol–water partition coefficient (Wildman–Crippen LogP) is 3.42. The second-order valence-corrected chi connectivity index (χ2v) is 7.34. The normalized spacial score (nSPS) is 20.8. The molecule has 1 aliphatic carbocycles. The molecule has 5 heteroatoms. The fourth-order valence-corrected chi connectivity index (χ4v) is 3.75. The van der Waals surface area contributed by atoms with Crippen molar-refractivity contribution in [1.29, 1.82) is 0 Å². The molecule has 2 aliphatic rings. The molecule has 2 fully saturated rings. The van der Waals surface area contributed by atoms with Gasteiger partial charge in [-0.3, -0.25) is 4.79 Å². The van der Waals surface area contributed by atoms with Crippen LogP contribution in [0.5, 0.6) is 0 Å². The standard InChI is InChI=1S/C19H27FN2O.ClH/c1-14(15-5-9-21-10-6-15)11-18(23)22-13-19(7-8-19)16-3-2-4-17(20)12-16;/h2-4,12,14-15,21H,5-11,13H2,1H3,(H,22,23);1H. The Morgan fingerprint density at radius 2 is 2.08 bits per heavy atom. The van der Waals surface area contributed by atoms with Crippen LogP contribution >= 0.6 is 12.4 Å². The van der Waals surface area contributed by atoms with Crippen molar-refractivity contribution < 1.29 is 9.18 Å². The molecule has 2 N–H and O–H groups in total. The van der Waals surface area contributed by atoms with Crippen molar-refractivity contribution in [2.45, 2.75) is 44.4 Å². The van der Waals surface area contributed by atoms with Crippen LogP contribution in [0.4, 0.5) is 4.39 Å². The van der Waals surface area contributed by atoms with Gasteiger partial charge in [0.25, 0.3) is 0 Å². The molecule has 134 valence electrons. The van der Waals surface area contributed by atoms with Crippen LogP contribution in [0.2, 0.25) is 0 Å². The Bertz CT molecular complexity index is 556. The maximum absolute atomic E-state index is 13.4. The third kappa shape index (κ3) is 4.70. The van der Waals surface area contributed by atoms with Gasteiger partial charge in [-0.15, -0.1) is 12.4 Å². The summed E-state index contributed by atoms with van der Waals surface area (Å²) in [5, 5.41) is 6.46. The number of carbonyl (C=O) groups excluding carboxylic acids is 1. The Balaban J connectivity index is 0.00000208. The van der Waals surface area contributed by atoms with E-state index in [0.717, 1.165) is 31.5 Å². The van der Waals surface area contributed by atoms with Crippen molar-refractivity contribution in [2.24, 2.45) is 11.8 Å². The lowest BCUT2D eigenvalue weighted by molar-refractivity contribution is -0.122. The smallest absolute Gasteiger partial charge is 0.220 e. The fraction of sp³-hybridized carbons (Fsp3) is 0.632. The molecule has 1 aromatic carbocycles. The van der Waals surface area contributed by atoms with Gasteiger partial charge in [0.15, 0.2) is 0 Å². The monoisotopic (exact) mass is 354 g/mol. The highest BCUT2D eigenvalue weighted by molar-refractivity contribution is 5.85. The molecule has 1 unspecified atom stereocenters. The van der Waals surface area contributed by atoms with E-state index >= 15 is 0 Å². The second-order valence-electron chi connectivity index (χ2n) is 7.34. The maximum atomic E-state index is 13.4. The van der Waals surface area contributed by atoms with Crippen LogP contribution in [0.3, 0.4) is 0 Å². The van der Waals surface area contributed by atoms with Gasteiger partial charge in [0.1, 0.15) is 5.82 Å². The van der Waals surface area contributed by atoms with E-state index in [4.69, 9.17) is 0 Å². The van der Waals surface area contributed by atoms with E-state index < -0.39 is 0 Å². The number of benzene rings is 1. The summed E-state index contributed by atoms with van der Waals surface area (Å²) in [6, 6.07) is 6.81. The minimum Gasteiger partial charge on any atom is -0.355 e. The highest BCUT2D eigenvalue weighted by Gasteiger charge is 2.44. The Hall–Kier alpha value is -1.13. The van der Waals surface area contributed by atoms with Gasteiger partial charge in [0.05, 0.1) is 0 Å². The molecule has 0 spiro atoms. The van der Waals surface area contributed by atoms with Crippen LogP contribution in [0.1, 0.15) is 44.6 Å². The topological polar surface area (TPSA) is 41.1 Å². The summed E-state index contributed by atoms with van der Waals surface area (Å²) < 4.78 is 13.4. The lowest BCUT2D eigenvalue weighted by atomic mass is 9.84. The summed E-state index contributed by atoms with van der Waals surface area (Å²) in [6.45, 7) is 4.96. The molecule has 0 aromatic heterocycles. The first-order valence-corrected chi connectivity index (χ1v) is 8.82. The van der Waals surface area contributed by atoms with E-state index in [-0.39, 0.29) is 29.5 Å². The van der Waals surface area contributed by atoms with Gasteiger partial charge in [0, 0.05) is 18.4 Å². The molecule has 0 radical (unpaired) electrons. The third-order valence-corrected chi connectivity index (χ3v) is 5.61. The molecule has 1 saturated heterocycles. The van der Waals surface area contributed by atoms with Crippen molar-refractivity contribution in [3.63, 3.8) is 0 Å². The van der Waals surface area contributed by atoms with Gasteiger partial charge in [-0.05, 0) is 68.3 Å². The second kappa shape index (κ2) is 8.30. The third-order valence-electron chi connectivity index (χ3n) is 5.61. The number of hydrogen-bond acceptors (Lipinski definition) is 2. The molecule has 3 nitrogen and oxygen atoms in total. The van der Waals surface area contributed by atoms with Crippen molar-refractivity contribution in [1.82, 2.24) is 10.6 Å². The van der Waals surface area contributed by atoms with Gasteiger partial charge in [0.2, 0.25) is 5.91 Å². The van der Waals surface area contributed by atoms with E-state index in [2.05, 4.69) is 17.6 Å². The van der Waals surface area contributed by atoms with E-state index in [1.807, 2.05) is 6.07 Å². The summed E-state index contributed by atoms with van der Waals surface area (Å²) in [5.41, 5.74) is 0.986. The van der Waals surface area contributed by atoms with E-state index in [1.54, 1.807) is 12.1 Å². The average molecular weight is 355 g/mol. The lowest BCUT2D eigenvalue weighted by Crippen LogP contribution is -2.36. The van der Waals surface area contributed by atoms with Gasteiger partial charge in [-0.1, -0.05) is 19.1 Å². The molecule has 1 aromatic rings. The van der Waals surface area contributed by atoms with E-state index in [0.29, 0.717) is 24.8 Å². The molecule has 3 rings (SSSR count). The summed E-state index contributed by atoms with van der Waals surface area (Å²) in [6.07, 6.45) is 4.99. The predicted molar refractivity (Wildman–Crippen MR) is 96.9 cm³/mol. The number of piperidine rings is 1. The van der Waals surface area contributed by atoms with Gasteiger partial charge < -0.3 is 10.6 Å². The summed E-state index contributed by atoms with van der Waals surface area (Å²) >= 11 is 0. The van der Waals surface area contributed by atoms with Crippen molar-refractivity contribution in [3.05, 3.63) is 35.6 Å². The number of rotatable bonds is 6. The molecule has 1 amide bonds. The van der Waals surface area contributed by atoms with Crippen LogP contribution in [0.15, 0.2) is 24.3 Å². The number of amides is 1. The van der Waals surface area contributed by atoms with Gasteiger partial charge in [-0.2, -0.15) is 0 Å². The van der Waals surface area contributed by atoms with Crippen molar-refractivity contribution >= 4 is 18.3 Å². The molecule has 1 atom stereocenters. The number of nitrogens with one attached hydrogen (secondary N) is 2. The molecule has 1 heterocycles. The Morgan fingerprint density at radius 3 is 2.71 bits per heavy atom.